The quantitative estimate of drug-likeness (QED) is 0.215. The molecule has 0 saturated carbocycles. The Morgan fingerprint density at radius 3 is 2.62 bits per heavy atom. The topological polar surface area (TPSA) is 64.3 Å². The van der Waals surface area contributed by atoms with Crippen LogP contribution in [0.2, 0.25) is 0 Å². The van der Waals surface area contributed by atoms with E-state index in [9.17, 15) is 14.3 Å². The Morgan fingerprint density at radius 2 is 1.94 bits per heavy atom. The minimum atomic E-state index is -0.310. The van der Waals surface area contributed by atoms with E-state index in [1.54, 1.807) is 34.9 Å². The predicted octanol–water partition coefficient (Wildman–Crippen LogP) is 5.64. The lowest BCUT2D eigenvalue weighted by molar-refractivity contribution is 0.343. The van der Waals surface area contributed by atoms with Crippen LogP contribution >= 0.6 is 23.1 Å². The maximum Gasteiger partial charge on any atom is 0.267 e. The lowest BCUT2D eigenvalue weighted by Gasteiger charge is -2.15. The second-order valence-corrected chi connectivity index (χ2v) is 9.59. The van der Waals surface area contributed by atoms with Gasteiger partial charge in [-0.05, 0) is 73.9 Å². The molecule has 2 aromatic heterocycles. The monoisotopic (exact) mass is 470 g/mol. The van der Waals surface area contributed by atoms with Gasteiger partial charge in [-0.1, -0.05) is 18.7 Å². The van der Waals surface area contributed by atoms with E-state index < -0.39 is 0 Å². The molecule has 0 bridgehead atoms. The van der Waals surface area contributed by atoms with E-state index in [2.05, 4.69) is 0 Å². The first kappa shape index (κ1) is 22.4. The Hall–Kier alpha value is -2.84. The second-order valence-electron chi connectivity index (χ2n) is 7.33. The average Bonchev–Trinajstić information content (AvgIpc) is 3.08. The van der Waals surface area contributed by atoms with Crippen LogP contribution in [0.4, 0.5) is 4.39 Å². The number of benzene rings is 2. The first-order valence-electron chi connectivity index (χ1n) is 10.2. The zero-order valence-corrected chi connectivity index (χ0v) is 19.6. The number of ether oxygens (including phenoxy) is 1. The number of hydrogen-bond donors (Lipinski definition) is 1. The lowest BCUT2D eigenvalue weighted by Crippen LogP contribution is -2.23. The summed E-state index contributed by atoms with van der Waals surface area (Å²) in [6.45, 7) is 6.30. The molecule has 4 rings (SSSR count). The van der Waals surface area contributed by atoms with Crippen molar-refractivity contribution >= 4 is 33.3 Å². The summed E-state index contributed by atoms with van der Waals surface area (Å²) in [6, 6.07) is 10.8. The molecule has 0 unspecified atom stereocenters. The number of hydrogen-bond acceptors (Lipinski definition) is 6. The fourth-order valence-electron chi connectivity index (χ4n) is 3.65. The molecule has 32 heavy (non-hydrogen) atoms. The van der Waals surface area contributed by atoms with Crippen molar-refractivity contribution in [2.24, 2.45) is 0 Å². The molecule has 4 aromatic rings. The summed E-state index contributed by atoms with van der Waals surface area (Å²) in [5.41, 5.74) is 2.40. The molecule has 0 spiro atoms. The van der Waals surface area contributed by atoms with Crippen LogP contribution in [0.5, 0.6) is 11.5 Å². The fraction of sp³-hybridized carbons (Fsp3) is 0.250. The maximum absolute atomic E-state index is 13.7. The third kappa shape index (κ3) is 4.38. The van der Waals surface area contributed by atoms with E-state index in [4.69, 9.17) is 9.72 Å². The van der Waals surface area contributed by atoms with Crippen LogP contribution in [-0.2, 0) is 6.42 Å². The third-order valence-corrected chi connectivity index (χ3v) is 7.11. The summed E-state index contributed by atoms with van der Waals surface area (Å²) < 4.78 is 20.4. The Labute approximate surface area is 193 Å². The number of thiophene rings is 1. The normalized spacial score (nSPS) is 11.2. The number of rotatable bonds is 7. The van der Waals surface area contributed by atoms with E-state index in [1.165, 1.54) is 35.2 Å². The van der Waals surface area contributed by atoms with Gasteiger partial charge in [-0.2, -0.15) is 0 Å². The molecule has 5 nitrogen and oxygen atoms in total. The van der Waals surface area contributed by atoms with Crippen molar-refractivity contribution in [2.75, 3.05) is 12.4 Å². The number of phenols is 1. The lowest BCUT2D eigenvalue weighted by atomic mass is 10.1. The molecule has 0 radical (unpaired) electrons. The van der Waals surface area contributed by atoms with Crippen molar-refractivity contribution in [1.29, 1.82) is 0 Å². The largest absolute Gasteiger partial charge is 0.508 e. The number of aromatic hydroxyl groups is 1. The third-order valence-electron chi connectivity index (χ3n) is 5.17. The predicted molar refractivity (Wildman–Crippen MR) is 128 cm³/mol. The molecule has 0 amide bonds. The molecular formula is C24H23FN2O3S2. The first-order chi connectivity index (χ1) is 15.4. The number of halogens is 1. The highest BCUT2D eigenvalue weighted by atomic mass is 32.2. The highest BCUT2D eigenvalue weighted by Crippen LogP contribution is 2.31. The Balaban J connectivity index is 1.71. The summed E-state index contributed by atoms with van der Waals surface area (Å²) in [5, 5.41) is 11.1. The van der Waals surface area contributed by atoms with E-state index in [-0.39, 0.29) is 17.1 Å². The molecule has 0 aliphatic heterocycles. The molecule has 1 N–H and O–H groups in total. The van der Waals surface area contributed by atoms with Gasteiger partial charge in [0, 0.05) is 10.6 Å². The Morgan fingerprint density at radius 1 is 1.19 bits per heavy atom. The van der Waals surface area contributed by atoms with Crippen molar-refractivity contribution in [3.05, 3.63) is 74.6 Å². The van der Waals surface area contributed by atoms with E-state index in [0.29, 0.717) is 34.3 Å². The maximum atomic E-state index is 13.7. The zero-order chi connectivity index (χ0) is 22.8. The molecule has 0 saturated heterocycles. The summed E-state index contributed by atoms with van der Waals surface area (Å²) in [6.07, 6.45) is 0.759. The Bertz CT molecular complexity index is 1330. The summed E-state index contributed by atoms with van der Waals surface area (Å²) in [5.74, 6) is 0.979. The smallest absolute Gasteiger partial charge is 0.267 e. The molecule has 2 aromatic carbocycles. The van der Waals surface area contributed by atoms with Crippen LogP contribution in [0.15, 0.2) is 52.4 Å². The van der Waals surface area contributed by atoms with Crippen molar-refractivity contribution in [3.63, 3.8) is 0 Å². The van der Waals surface area contributed by atoms with Crippen LogP contribution < -0.4 is 10.3 Å². The van der Waals surface area contributed by atoms with Crippen LogP contribution in [0.3, 0.4) is 0 Å². The molecule has 0 fully saturated rings. The number of aryl methyl sites for hydroxylation is 3. The van der Waals surface area contributed by atoms with Gasteiger partial charge in [-0.3, -0.25) is 9.36 Å². The van der Waals surface area contributed by atoms with Crippen LogP contribution in [0, 0.1) is 19.7 Å². The van der Waals surface area contributed by atoms with Crippen molar-refractivity contribution in [3.8, 4) is 17.2 Å². The van der Waals surface area contributed by atoms with Crippen LogP contribution in [0.25, 0.3) is 15.9 Å². The van der Waals surface area contributed by atoms with Gasteiger partial charge in [0.2, 0.25) is 0 Å². The molecule has 0 aliphatic rings. The van der Waals surface area contributed by atoms with E-state index >= 15 is 0 Å². The first-order valence-corrected chi connectivity index (χ1v) is 12.1. The molecular weight excluding hydrogens is 447 g/mol. The minimum Gasteiger partial charge on any atom is -0.508 e. The zero-order valence-electron chi connectivity index (χ0n) is 18.0. The van der Waals surface area contributed by atoms with Gasteiger partial charge in [0.1, 0.15) is 22.1 Å². The van der Waals surface area contributed by atoms with Gasteiger partial charge in [0.15, 0.2) is 5.16 Å². The molecule has 0 atom stereocenters. The molecule has 8 heteroatoms. The van der Waals surface area contributed by atoms with Gasteiger partial charge in [-0.25, -0.2) is 9.37 Å². The number of fused-ring (bicyclic) bond motifs is 1. The van der Waals surface area contributed by atoms with Crippen LogP contribution in [0.1, 0.15) is 22.9 Å². The van der Waals surface area contributed by atoms with Crippen molar-refractivity contribution in [2.45, 2.75) is 32.3 Å². The van der Waals surface area contributed by atoms with Gasteiger partial charge in [-0.15, -0.1) is 11.3 Å². The standard InChI is InChI=1S/C24H23FN2O3S2/c1-4-19-15(3)32-22-21(19)23(29)27(20-10-7-17(28)13-14(20)2)24(26-22)31-12-11-30-18-8-5-16(25)6-9-18/h5-10,13,28H,4,11-12H2,1-3H3. The summed E-state index contributed by atoms with van der Waals surface area (Å²) in [4.78, 5) is 20.3. The average molecular weight is 471 g/mol. The van der Waals surface area contributed by atoms with Crippen LogP contribution in [-0.4, -0.2) is 27.0 Å². The summed E-state index contributed by atoms with van der Waals surface area (Å²) >= 11 is 2.96. The Kier molecular flexibility index (Phi) is 6.53. The second kappa shape index (κ2) is 9.34. The van der Waals surface area contributed by atoms with Gasteiger partial charge < -0.3 is 9.84 Å². The molecule has 0 aliphatic carbocycles. The number of nitrogens with zero attached hydrogens (tertiary/aromatic N) is 2. The highest BCUT2D eigenvalue weighted by Gasteiger charge is 2.20. The van der Waals surface area contributed by atoms with Crippen molar-refractivity contribution in [1.82, 2.24) is 9.55 Å². The molecule has 166 valence electrons. The van der Waals surface area contributed by atoms with Gasteiger partial charge >= 0.3 is 0 Å². The van der Waals surface area contributed by atoms with Gasteiger partial charge in [0.05, 0.1) is 17.7 Å². The highest BCUT2D eigenvalue weighted by molar-refractivity contribution is 7.99. The number of phenolic OH excluding ortho intramolecular Hbond substituents is 1. The van der Waals surface area contributed by atoms with Crippen molar-refractivity contribution < 1.29 is 14.2 Å². The summed E-state index contributed by atoms with van der Waals surface area (Å²) in [7, 11) is 0. The number of thioether (sulfide) groups is 1. The SMILES string of the molecule is CCc1c(C)sc2nc(SCCOc3ccc(F)cc3)n(-c3ccc(O)cc3C)c(=O)c12. The van der Waals surface area contributed by atoms with Gasteiger partial charge in [0.25, 0.3) is 5.56 Å². The van der Waals surface area contributed by atoms with E-state index in [0.717, 1.165) is 27.3 Å². The minimum absolute atomic E-state index is 0.105. The van der Waals surface area contributed by atoms with E-state index in [1.807, 2.05) is 20.8 Å². The molecule has 2 heterocycles. The number of aromatic nitrogens is 2. The fourth-order valence-corrected chi connectivity index (χ4v) is 5.62.